The zero-order valence-electron chi connectivity index (χ0n) is 10.0. The summed E-state index contributed by atoms with van der Waals surface area (Å²) in [6.07, 6.45) is 4.81. The van der Waals surface area contributed by atoms with Gasteiger partial charge in [-0.2, -0.15) is 0 Å². The SMILES string of the molecule is COC(=O)COc1cc(-c2cnccn2)n(C)n1. The summed E-state index contributed by atoms with van der Waals surface area (Å²) in [6, 6.07) is 1.69. The average Bonchev–Trinajstić information content (AvgIpc) is 2.78. The van der Waals surface area contributed by atoms with Crippen LogP contribution in [0.25, 0.3) is 11.4 Å². The summed E-state index contributed by atoms with van der Waals surface area (Å²) in [7, 11) is 3.06. The maximum Gasteiger partial charge on any atom is 0.343 e. The van der Waals surface area contributed by atoms with E-state index in [0.717, 1.165) is 5.69 Å². The molecule has 0 radical (unpaired) electrons. The molecule has 2 aromatic rings. The predicted molar refractivity (Wildman–Crippen MR) is 61.7 cm³/mol. The number of aromatic nitrogens is 4. The molecule has 7 nitrogen and oxygen atoms in total. The number of nitrogens with zero attached hydrogens (tertiary/aromatic N) is 4. The minimum Gasteiger partial charge on any atom is -0.466 e. The van der Waals surface area contributed by atoms with E-state index in [2.05, 4.69) is 19.8 Å². The molecule has 18 heavy (non-hydrogen) atoms. The molecule has 0 bridgehead atoms. The first kappa shape index (κ1) is 12.0. The third kappa shape index (κ3) is 2.62. The molecule has 0 aliphatic carbocycles. The highest BCUT2D eigenvalue weighted by Gasteiger charge is 2.10. The van der Waals surface area contributed by atoms with Gasteiger partial charge in [0.25, 0.3) is 0 Å². The first-order valence-electron chi connectivity index (χ1n) is 5.20. The van der Waals surface area contributed by atoms with Crippen LogP contribution in [0.3, 0.4) is 0 Å². The molecule has 94 valence electrons. The number of hydrogen-bond donors (Lipinski definition) is 0. The highest BCUT2D eigenvalue weighted by molar-refractivity contribution is 5.70. The molecule has 0 aliphatic heterocycles. The average molecular weight is 248 g/mol. The zero-order chi connectivity index (χ0) is 13.0. The Balaban J connectivity index is 2.15. The van der Waals surface area contributed by atoms with Gasteiger partial charge in [0.1, 0.15) is 5.69 Å². The zero-order valence-corrected chi connectivity index (χ0v) is 10.0. The highest BCUT2D eigenvalue weighted by Crippen LogP contribution is 2.20. The summed E-state index contributed by atoms with van der Waals surface area (Å²) in [5.41, 5.74) is 1.43. The topological polar surface area (TPSA) is 79.1 Å². The van der Waals surface area contributed by atoms with E-state index in [1.807, 2.05) is 0 Å². The summed E-state index contributed by atoms with van der Waals surface area (Å²) in [4.78, 5) is 19.1. The monoisotopic (exact) mass is 248 g/mol. The quantitative estimate of drug-likeness (QED) is 0.730. The summed E-state index contributed by atoms with van der Waals surface area (Å²) >= 11 is 0. The Kier molecular flexibility index (Phi) is 3.52. The number of rotatable bonds is 4. The Morgan fingerprint density at radius 1 is 1.44 bits per heavy atom. The van der Waals surface area contributed by atoms with E-state index in [1.54, 1.807) is 36.4 Å². The Morgan fingerprint density at radius 2 is 2.28 bits per heavy atom. The predicted octanol–water partition coefficient (Wildman–Crippen LogP) is 0.429. The van der Waals surface area contributed by atoms with Crippen molar-refractivity contribution in [2.24, 2.45) is 7.05 Å². The second-order valence-corrected chi connectivity index (χ2v) is 3.45. The molecule has 0 atom stereocenters. The van der Waals surface area contributed by atoms with Gasteiger partial charge in [-0.3, -0.25) is 14.6 Å². The van der Waals surface area contributed by atoms with Crippen molar-refractivity contribution in [3.8, 4) is 17.3 Å². The van der Waals surface area contributed by atoms with E-state index >= 15 is 0 Å². The summed E-state index contributed by atoms with van der Waals surface area (Å²) in [5, 5.41) is 4.11. The lowest BCUT2D eigenvalue weighted by molar-refractivity contribution is -0.143. The Labute approximate surface area is 103 Å². The first-order valence-corrected chi connectivity index (χ1v) is 5.20. The molecule has 0 saturated heterocycles. The lowest BCUT2D eigenvalue weighted by atomic mass is 10.3. The molecule has 2 rings (SSSR count). The largest absolute Gasteiger partial charge is 0.466 e. The van der Waals surface area contributed by atoms with Gasteiger partial charge < -0.3 is 9.47 Å². The van der Waals surface area contributed by atoms with Gasteiger partial charge in [-0.05, 0) is 0 Å². The maximum absolute atomic E-state index is 10.9. The van der Waals surface area contributed by atoms with Crippen molar-refractivity contribution in [3.05, 3.63) is 24.7 Å². The number of aryl methyl sites for hydroxylation is 1. The normalized spacial score (nSPS) is 10.1. The van der Waals surface area contributed by atoms with Gasteiger partial charge in [-0.15, -0.1) is 5.10 Å². The third-order valence-electron chi connectivity index (χ3n) is 2.25. The van der Waals surface area contributed by atoms with Gasteiger partial charge in [0, 0.05) is 25.5 Å². The molecular formula is C11H12N4O3. The summed E-state index contributed by atoms with van der Waals surface area (Å²) in [5.74, 6) is -0.120. The van der Waals surface area contributed by atoms with Crippen LogP contribution >= 0.6 is 0 Å². The fourth-order valence-corrected chi connectivity index (χ4v) is 1.37. The van der Waals surface area contributed by atoms with E-state index in [9.17, 15) is 4.79 Å². The molecule has 0 fully saturated rings. The number of ether oxygens (including phenoxy) is 2. The van der Waals surface area contributed by atoms with E-state index in [4.69, 9.17) is 4.74 Å². The van der Waals surface area contributed by atoms with Crippen LogP contribution in [-0.4, -0.2) is 39.4 Å². The lowest BCUT2D eigenvalue weighted by Gasteiger charge is -1.99. The van der Waals surface area contributed by atoms with Gasteiger partial charge in [0.05, 0.1) is 19.0 Å². The Bertz CT molecular complexity index is 538. The van der Waals surface area contributed by atoms with Gasteiger partial charge in [-0.1, -0.05) is 0 Å². The minimum absolute atomic E-state index is 0.173. The third-order valence-corrected chi connectivity index (χ3v) is 2.25. The second kappa shape index (κ2) is 5.26. The van der Waals surface area contributed by atoms with Crippen LogP contribution in [-0.2, 0) is 16.6 Å². The lowest BCUT2D eigenvalue weighted by Crippen LogP contribution is -2.12. The van der Waals surface area contributed by atoms with Crippen molar-refractivity contribution >= 4 is 5.97 Å². The molecule has 2 aromatic heterocycles. The molecule has 7 heteroatoms. The van der Waals surface area contributed by atoms with Crippen LogP contribution in [0, 0.1) is 0 Å². The van der Waals surface area contributed by atoms with Crippen molar-refractivity contribution in [3.63, 3.8) is 0 Å². The molecule has 0 aromatic carbocycles. The van der Waals surface area contributed by atoms with Crippen molar-refractivity contribution in [2.75, 3.05) is 13.7 Å². The van der Waals surface area contributed by atoms with Crippen LogP contribution in [0.4, 0.5) is 0 Å². The van der Waals surface area contributed by atoms with E-state index in [1.165, 1.54) is 7.11 Å². The molecule has 0 unspecified atom stereocenters. The van der Waals surface area contributed by atoms with E-state index in [0.29, 0.717) is 11.6 Å². The molecule has 2 heterocycles. The van der Waals surface area contributed by atoms with Gasteiger partial charge in [0.2, 0.25) is 5.88 Å². The Hall–Kier alpha value is -2.44. The van der Waals surface area contributed by atoms with Gasteiger partial charge in [0.15, 0.2) is 6.61 Å². The minimum atomic E-state index is -0.457. The number of esters is 1. The molecule has 0 N–H and O–H groups in total. The van der Waals surface area contributed by atoms with Crippen molar-refractivity contribution in [2.45, 2.75) is 0 Å². The van der Waals surface area contributed by atoms with Crippen LogP contribution in [0.1, 0.15) is 0 Å². The highest BCUT2D eigenvalue weighted by atomic mass is 16.6. The first-order chi connectivity index (χ1) is 8.70. The number of methoxy groups -OCH3 is 1. The molecule has 0 aliphatic rings. The summed E-state index contributed by atoms with van der Waals surface area (Å²) < 4.78 is 11.3. The molecule has 0 saturated carbocycles. The van der Waals surface area contributed by atoms with E-state index in [-0.39, 0.29) is 6.61 Å². The van der Waals surface area contributed by atoms with Crippen LogP contribution in [0.2, 0.25) is 0 Å². The fourth-order valence-electron chi connectivity index (χ4n) is 1.37. The van der Waals surface area contributed by atoms with Crippen molar-refractivity contribution in [1.82, 2.24) is 19.7 Å². The molecule has 0 spiro atoms. The number of carbonyl (C=O) groups is 1. The fraction of sp³-hybridized carbons (Fsp3) is 0.273. The summed E-state index contributed by atoms with van der Waals surface area (Å²) in [6.45, 7) is -0.173. The van der Waals surface area contributed by atoms with Gasteiger partial charge >= 0.3 is 5.97 Å². The van der Waals surface area contributed by atoms with E-state index < -0.39 is 5.97 Å². The van der Waals surface area contributed by atoms with Crippen LogP contribution in [0.15, 0.2) is 24.7 Å². The molecular weight excluding hydrogens is 236 g/mol. The second-order valence-electron chi connectivity index (χ2n) is 3.45. The van der Waals surface area contributed by atoms with Gasteiger partial charge in [-0.25, -0.2) is 4.79 Å². The van der Waals surface area contributed by atoms with Crippen molar-refractivity contribution < 1.29 is 14.3 Å². The van der Waals surface area contributed by atoms with Crippen LogP contribution in [0.5, 0.6) is 5.88 Å². The maximum atomic E-state index is 10.9. The molecule has 0 amide bonds. The Morgan fingerprint density at radius 3 is 2.94 bits per heavy atom. The van der Waals surface area contributed by atoms with Crippen molar-refractivity contribution in [1.29, 1.82) is 0 Å². The number of hydrogen-bond acceptors (Lipinski definition) is 6. The smallest absolute Gasteiger partial charge is 0.343 e. The standard InChI is InChI=1S/C11H12N4O3/c1-15-9(8-6-12-3-4-13-8)5-10(14-15)18-7-11(16)17-2/h3-6H,7H2,1-2H3. The number of carbonyl (C=O) groups excluding carboxylic acids is 1. The van der Waals surface area contributed by atoms with Crippen LogP contribution < -0.4 is 4.74 Å².